The number of benzene rings is 1. The lowest BCUT2D eigenvalue weighted by Crippen LogP contribution is -2.12. The van der Waals surface area contributed by atoms with Crippen LogP contribution in [0.4, 0.5) is 5.82 Å². The molecule has 0 saturated heterocycles. The SMILES string of the molecule is Cc1ccc(NC(=O)c2cc(-c3ccn(-c4ccccc4)n3)n3ccccc23)nc1. The van der Waals surface area contributed by atoms with Gasteiger partial charge in [-0.05, 0) is 55.0 Å². The first-order valence-corrected chi connectivity index (χ1v) is 9.64. The van der Waals surface area contributed by atoms with Gasteiger partial charge in [0.15, 0.2) is 0 Å². The highest BCUT2D eigenvalue weighted by molar-refractivity contribution is 6.09. The molecule has 4 aromatic heterocycles. The normalized spacial score (nSPS) is 11.0. The molecule has 0 aliphatic heterocycles. The number of nitrogens with one attached hydrogen (secondary N) is 1. The Morgan fingerprint density at radius 1 is 0.933 bits per heavy atom. The molecule has 0 unspecified atom stereocenters. The van der Waals surface area contributed by atoms with Crippen LogP contribution >= 0.6 is 0 Å². The van der Waals surface area contributed by atoms with Crippen LogP contribution in [-0.2, 0) is 0 Å². The predicted octanol–water partition coefficient (Wildman–Crippen LogP) is 4.75. The number of rotatable bonds is 4. The molecule has 0 bridgehead atoms. The van der Waals surface area contributed by atoms with Crippen molar-refractivity contribution in [1.29, 1.82) is 0 Å². The Bertz CT molecular complexity index is 1330. The molecule has 1 amide bonds. The molecule has 1 N–H and O–H groups in total. The lowest BCUT2D eigenvalue weighted by atomic mass is 10.2. The second-order valence-electron chi connectivity index (χ2n) is 7.06. The van der Waals surface area contributed by atoms with Crippen LogP contribution < -0.4 is 5.32 Å². The Kier molecular flexibility index (Phi) is 4.37. The number of nitrogens with zero attached hydrogens (tertiary/aromatic N) is 4. The second-order valence-corrected chi connectivity index (χ2v) is 7.06. The fraction of sp³-hybridized carbons (Fsp3) is 0.0417. The van der Waals surface area contributed by atoms with Crippen molar-refractivity contribution >= 4 is 17.2 Å². The summed E-state index contributed by atoms with van der Waals surface area (Å²) in [4.78, 5) is 17.3. The van der Waals surface area contributed by atoms with E-state index in [4.69, 9.17) is 5.10 Å². The minimum atomic E-state index is -0.205. The van der Waals surface area contributed by atoms with E-state index in [1.807, 2.05) is 95.1 Å². The summed E-state index contributed by atoms with van der Waals surface area (Å²) in [5.41, 5.74) is 5.04. The minimum absolute atomic E-state index is 0.205. The lowest BCUT2D eigenvalue weighted by molar-refractivity contribution is 0.102. The molecule has 6 heteroatoms. The van der Waals surface area contributed by atoms with Crippen molar-refractivity contribution in [3.63, 3.8) is 0 Å². The van der Waals surface area contributed by atoms with E-state index >= 15 is 0 Å². The summed E-state index contributed by atoms with van der Waals surface area (Å²) in [7, 11) is 0. The fourth-order valence-corrected chi connectivity index (χ4v) is 3.44. The number of aromatic nitrogens is 4. The average Bonchev–Trinajstić information content (AvgIpc) is 3.41. The van der Waals surface area contributed by atoms with Crippen LogP contribution in [0.15, 0.2) is 91.4 Å². The first kappa shape index (κ1) is 17.9. The summed E-state index contributed by atoms with van der Waals surface area (Å²) < 4.78 is 3.81. The van der Waals surface area contributed by atoms with Gasteiger partial charge in [0.25, 0.3) is 5.91 Å². The van der Waals surface area contributed by atoms with E-state index in [0.717, 1.165) is 28.2 Å². The number of aryl methyl sites for hydroxylation is 1. The van der Waals surface area contributed by atoms with E-state index in [1.54, 1.807) is 12.3 Å². The number of carbonyl (C=O) groups is 1. The Balaban J connectivity index is 1.54. The van der Waals surface area contributed by atoms with E-state index in [1.165, 1.54) is 0 Å². The van der Waals surface area contributed by atoms with Crippen molar-refractivity contribution in [2.45, 2.75) is 6.92 Å². The van der Waals surface area contributed by atoms with E-state index in [-0.39, 0.29) is 5.91 Å². The molecule has 1 aromatic carbocycles. The van der Waals surface area contributed by atoms with Crippen LogP contribution in [0.1, 0.15) is 15.9 Å². The maximum absolute atomic E-state index is 13.0. The maximum Gasteiger partial charge on any atom is 0.259 e. The molecule has 0 fully saturated rings. The van der Waals surface area contributed by atoms with Gasteiger partial charge in [-0.2, -0.15) is 5.10 Å². The van der Waals surface area contributed by atoms with Crippen LogP contribution in [0.25, 0.3) is 22.6 Å². The zero-order valence-corrected chi connectivity index (χ0v) is 16.4. The first-order valence-electron chi connectivity index (χ1n) is 9.64. The summed E-state index contributed by atoms with van der Waals surface area (Å²) in [6.07, 6.45) is 5.59. The molecule has 0 spiro atoms. The smallest absolute Gasteiger partial charge is 0.259 e. The van der Waals surface area contributed by atoms with Gasteiger partial charge in [0.2, 0.25) is 0 Å². The first-order chi connectivity index (χ1) is 14.7. The van der Waals surface area contributed by atoms with Gasteiger partial charge in [0.05, 0.1) is 22.5 Å². The lowest BCUT2D eigenvalue weighted by Gasteiger charge is -2.04. The van der Waals surface area contributed by atoms with Crippen LogP contribution in [0.3, 0.4) is 0 Å². The predicted molar refractivity (Wildman–Crippen MR) is 117 cm³/mol. The van der Waals surface area contributed by atoms with Gasteiger partial charge in [-0.1, -0.05) is 30.3 Å². The standard InChI is InChI=1S/C24H19N5O/c1-17-10-11-23(25-16-17)26-24(30)19-15-22(28-13-6-5-9-21(19)28)20-12-14-29(27-20)18-7-3-2-4-8-18/h2-16H,1H3,(H,25,26,30). The van der Waals surface area contributed by atoms with Gasteiger partial charge < -0.3 is 9.72 Å². The zero-order valence-electron chi connectivity index (χ0n) is 16.4. The van der Waals surface area contributed by atoms with Gasteiger partial charge in [0.1, 0.15) is 11.5 Å². The fourth-order valence-electron chi connectivity index (χ4n) is 3.44. The van der Waals surface area contributed by atoms with Crippen LogP contribution in [0, 0.1) is 6.92 Å². The van der Waals surface area contributed by atoms with Crippen molar-refractivity contribution in [1.82, 2.24) is 19.2 Å². The van der Waals surface area contributed by atoms with Gasteiger partial charge in [-0.25, -0.2) is 9.67 Å². The molecular formula is C24H19N5O. The third-order valence-corrected chi connectivity index (χ3v) is 4.95. The summed E-state index contributed by atoms with van der Waals surface area (Å²) in [6.45, 7) is 1.96. The van der Waals surface area contributed by atoms with Crippen molar-refractivity contribution in [3.8, 4) is 17.1 Å². The molecule has 30 heavy (non-hydrogen) atoms. The quantitative estimate of drug-likeness (QED) is 0.479. The highest BCUT2D eigenvalue weighted by atomic mass is 16.1. The van der Waals surface area contributed by atoms with Crippen molar-refractivity contribution in [3.05, 3.63) is 103 Å². The van der Waals surface area contributed by atoms with Gasteiger partial charge in [0, 0.05) is 18.6 Å². The number of carbonyl (C=O) groups excluding carboxylic acids is 1. The van der Waals surface area contributed by atoms with E-state index in [2.05, 4.69) is 10.3 Å². The molecule has 146 valence electrons. The number of anilines is 1. The summed E-state index contributed by atoms with van der Waals surface area (Å²) in [5, 5.41) is 7.60. The van der Waals surface area contributed by atoms with Crippen LogP contribution in [0.5, 0.6) is 0 Å². The molecule has 0 aliphatic rings. The Morgan fingerprint density at radius 2 is 1.77 bits per heavy atom. The Hall–Kier alpha value is -4.19. The van der Waals surface area contributed by atoms with Gasteiger partial charge in [-0.15, -0.1) is 0 Å². The number of amides is 1. The summed E-state index contributed by atoms with van der Waals surface area (Å²) in [6, 6.07) is 23.3. The molecule has 6 nitrogen and oxygen atoms in total. The zero-order chi connectivity index (χ0) is 20.5. The molecule has 4 heterocycles. The molecule has 0 atom stereocenters. The van der Waals surface area contributed by atoms with Crippen LogP contribution in [-0.4, -0.2) is 25.1 Å². The third kappa shape index (κ3) is 3.24. The molecular weight excluding hydrogens is 374 g/mol. The molecule has 5 aromatic rings. The third-order valence-electron chi connectivity index (χ3n) is 4.95. The molecule has 5 rings (SSSR count). The van der Waals surface area contributed by atoms with Gasteiger partial charge in [-0.3, -0.25) is 4.79 Å². The van der Waals surface area contributed by atoms with Crippen molar-refractivity contribution in [2.75, 3.05) is 5.32 Å². The average molecular weight is 393 g/mol. The summed E-state index contributed by atoms with van der Waals surface area (Å²) >= 11 is 0. The number of pyridine rings is 2. The highest BCUT2D eigenvalue weighted by Gasteiger charge is 2.18. The minimum Gasteiger partial charge on any atom is -0.314 e. The molecule has 0 aliphatic carbocycles. The van der Waals surface area contributed by atoms with Crippen LogP contribution in [0.2, 0.25) is 0 Å². The number of hydrogen-bond donors (Lipinski definition) is 1. The Labute approximate surface area is 173 Å². The van der Waals surface area contributed by atoms with Gasteiger partial charge >= 0.3 is 0 Å². The monoisotopic (exact) mass is 393 g/mol. The number of para-hydroxylation sites is 1. The summed E-state index contributed by atoms with van der Waals surface area (Å²) in [5.74, 6) is 0.319. The molecule has 0 saturated carbocycles. The second kappa shape index (κ2) is 7.33. The highest BCUT2D eigenvalue weighted by Crippen LogP contribution is 2.26. The van der Waals surface area contributed by atoms with E-state index < -0.39 is 0 Å². The molecule has 0 radical (unpaired) electrons. The maximum atomic E-state index is 13.0. The number of fused-ring (bicyclic) bond motifs is 1. The van der Waals surface area contributed by atoms with E-state index in [9.17, 15) is 4.79 Å². The Morgan fingerprint density at radius 3 is 2.57 bits per heavy atom. The van der Waals surface area contributed by atoms with Crippen molar-refractivity contribution < 1.29 is 4.79 Å². The van der Waals surface area contributed by atoms with E-state index in [0.29, 0.717) is 11.4 Å². The van der Waals surface area contributed by atoms with Crippen molar-refractivity contribution in [2.24, 2.45) is 0 Å². The number of hydrogen-bond acceptors (Lipinski definition) is 3. The largest absolute Gasteiger partial charge is 0.314 e. The topological polar surface area (TPSA) is 64.2 Å².